The first-order valence-corrected chi connectivity index (χ1v) is 6.10. The van der Waals surface area contributed by atoms with Gasteiger partial charge in [0, 0.05) is 19.0 Å². The van der Waals surface area contributed by atoms with Gasteiger partial charge in [0.25, 0.3) is 0 Å². The minimum Gasteiger partial charge on any atom is -0.342 e. The lowest BCUT2D eigenvalue weighted by atomic mass is 9.98. The Morgan fingerprint density at radius 3 is 2.64 bits per heavy atom. The molecule has 14 heavy (non-hydrogen) atoms. The van der Waals surface area contributed by atoms with E-state index < -0.39 is 0 Å². The lowest BCUT2D eigenvalue weighted by Gasteiger charge is -2.20. The van der Waals surface area contributed by atoms with E-state index in [4.69, 9.17) is 0 Å². The second-order valence-corrected chi connectivity index (χ2v) is 4.80. The molecule has 1 amide bonds. The quantitative estimate of drug-likeness (QED) is 0.662. The molecule has 1 saturated heterocycles. The molecule has 1 heterocycles. The van der Waals surface area contributed by atoms with E-state index in [-0.39, 0.29) is 0 Å². The van der Waals surface area contributed by atoms with Crippen molar-refractivity contribution in [1.82, 2.24) is 4.90 Å². The van der Waals surface area contributed by atoms with Crippen LogP contribution in [0, 0.1) is 11.8 Å². The molecule has 0 radical (unpaired) electrons. The first-order valence-electron chi connectivity index (χ1n) is 6.10. The molecule has 0 aromatic heterocycles. The molecule has 0 N–H and O–H groups in total. The Bertz CT molecular complexity index is 210. The molecule has 2 fully saturated rings. The summed E-state index contributed by atoms with van der Waals surface area (Å²) < 4.78 is 0. The number of carbonyl (C=O) groups is 1. The first kappa shape index (κ1) is 10.0. The van der Waals surface area contributed by atoms with E-state index in [0.29, 0.717) is 11.8 Å². The van der Waals surface area contributed by atoms with Gasteiger partial charge in [0.1, 0.15) is 0 Å². The Morgan fingerprint density at radius 1 is 1.21 bits per heavy atom. The van der Waals surface area contributed by atoms with Crippen LogP contribution in [-0.2, 0) is 4.79 Å². The third kappa shape index (κ3) is 2.28. The van der Waals surface area contributed by atoms with Crippen molar-refractivity contribution in [3.8, 4) is 0 Å². The van der Waals surface area contributed by atoms with Gasteiger partial charge in [0.15, 0.2) is 0 Å². The molecular weight excluding hydrogens is 174 g/mol. The van der Waals surface area contributed by atoms with Gasteiger partial charge in [0.05, 0.1) is 0 Å². The first-order chi connectivity index (χ1) is 6.81. The molecule has 1 saturated carbocycles. The number of likely N-dealkylation sites (tertiary alicyclic amines) is 1. The number of carbonyl (C=O) groups excluding carboxylic acids is 1. The van der Waals surface area contributed by atoms with Crippen molar-refractivity contribution in [2.75, 3.05) is 13.1 Å². The molecule has 1 aliphatic carbocycles. The molecule has 2 rings (SSSR count). The van der Waals surface area contributed by atoms with Crippen LogP contribution >= 0.6 is 0 Å². The summed E-state index contributed by atoms with van der Waals surface area (Å²) in [4.78, 5) is 14.0. The van der Waals surface area contributed by atoms with Crippen molar-refractivity contribution in [1.29, 1.82) is 0 Å². The van der Waals surface area contributed by atoms with Gasteiger partial charge in [-0.05, 0) is 38.0 Å². The van der Waals surface area contributed by atoms with Gasteiger partial charge in [0.2, 0.25) is 5.91 Å². The van der Waals surface area contributed by atoms with Crippen LogP contribution in [0.15, 0.2) is 0 Å². The topological polar surface area (TPSA) is 20.3 Å². The third-order valence-corrected chi connectivity index (χ3v) is 3.66. The van der Waals surface area contributed by atoms with E-state index in [1.165, 1.54) is 25.7 Å². The summed E-state index contributed by atoms with van der Waals surface area (Å²) in [5, 5.41) is 0. The molecule has 1 unspecified atom stereocenters. The number of amides is 1. The summed E-state index contributed by atoms with van der Waals surface area (Å²) in [6.07, 6.45) is 7.35. The predicted octanol–water partition coefficient (Wildman–Crippen LogP) is 2.44. The fourth-order valence-electron chi connectivity index (χ4n) is 2.38. The third-order valence-electron chi connectivity index (χ3n) is 3.66. The molecule has 0 aromatic rings. The number of hydrogen-bond donors (Lipinski definition) is 0. The van der Waals surface area contributed by atoms with Gasteiger partial charge in [-0.3, -0.25) is 4.79 Å². The van der Waals surface area contributed by atoms with E-state index in [1.54, 1.807) is 0 Å². The number of hydrogen-bond acceptors (Lipinski definition) is 1. The Balaban J connectivity index is 1.84. The van der Waals surface area contributed by atoms with Gasteiger partial charge in [-0.15, -0.1) is 0 Å². The number of rotatable bonds is 2. The summed E-state index contributed by atoms with van der Waals surface area (Å²) in [5.41, 5.74) is 0. The highest BCUT2D eigenvalue weighted by Crippen LogP contribution is 2.32. The fraction of sp³-hybridized carbons (Fsp3) is 0.917. The van der Waals surface area contributed by atoms with E-state index in [2.05, 4.69) is 11.8 Å². The van der Waals surface area contributed by atoms with E-state index in [1.807, 2.05) is 0 Å². The van der Waals surface area contributed by atoms with Crippen LogP contribution < -0.4 is 0 Å². The van der Waals surface area contributed by atoms with Crippen molar-refractivity contribution in [3.63, 3.8) is 0 Å². The van der Waals surface area contributed by atoms with Crippen LogP contribution in [-0.4, -0.2) is 23.9 Å². The van der Waals surface area contributed by atoms with Crippen LogP contribution in [0.2, 0.25) is 0 Å². The van der Waals surface area contributed by atoms with E-state index in [0.717, 1.165) is 31.8 Å². The highest BCUT2D eigenvalue weighted by molar-refractivity contribution is 5.81. The Hall–Kier alpha value is -0.530. The predicted molar refractivity (Wildman–Crippen MR) is 56.9 cm³/mol. The standard InChI is InChI=1S/C12H21NO/c1-2-10-4-3-8-13(9-7-10)12(14)11-5-6-11/h10-11H,2-9H2,1H3. The normalized spacial score (nSPS) is 28.6. The molecule has 1 aliphatic heterocycles. The van der Waals surface area contributed by atoms with Crippen molar-refractivity contribution < 1.29 is 4.79 Å². The zero-order valence-corrected chi connectivity index (χ0v) is 9.17. The van der Waals surface area contributed by atoms with Gasteiger partial charge in [-0.1, -0.05) is 13.3 Å². The highest BCUT2D eigenvalue weighted by Gasteiger charge is 2.33. The van der Waals surface area contributed by atoms with Crippen LogP contribution in [0.3, 0.4) is 0 Å². The van der Waals surface area contributed by atoms with Crippen molar-refractivity contribution >= 4 is 5.91 Å². The molecule has 0 aromatic carbocycles. The smallest absolute Gasteiger partial charge is 0.225 e. The largest absolute Gasteiger partial charge is 0.342 e. The van der Waals surface area contributed by atoms with E-state index >= 15 is 0 Å². The van der Waals surface area contributed by atoms with Crippen LogP contribution in [0.5, 0.6) is 0 Å². The maximum absolute atomic E-state index is 11.8. The van der Waals surface area contributed by atoms with Gasteiger partial charge in [-0.25, -0.2) is 0 Å². The monoisotopic (exact) mass is 195 g/mol. The summed E-state index contributed by atoms with van der Waals surface area (Å²) in [5.74, 6) is 1.72. The Morgan fingerprint density at radius 2 is 2.00 bits per heavy atom. The second-order valence-electron chi connectivity index (χ2n) is 4.80. The van der Waals surface area contributed by atoms with Crippen LogP contribution in [0.4, 0.5) is 0 Å². The summed E-state index contributed by atoms with van der Waals surface area (Å²) in [7, 11) is 0. The van der Waals surface area contributed by atoms with Gasteiger partial charge < -0.3 is 4.90 Å². The fourth-order valence-corrected chi connectivity index (χ4v) is 2.38. The SMILES string of the molecule is CCC1CCCN(C(=O)C2CC2)CC1. The molecule has 0 bridgehead atoms. The Kier molecular flexibility index (Phi) is 3.09. The average molecular weight is 195 g/mol. The van der Waals surface area contributed by atoms with Crippen molar-refractivity contribution in [2.45, 2.75) is 45.4 Å². The maximum atomic E-state index is 11.8. The van der Waals surface area contributed by atoms with Gasteiger partial charge in [-0.2, -0.15) is 0 Å². The lowest BCUT2D eigenvalue weighted by Crippen LogP contribution is -2.33. The molecule has 2 heteroatoms. The van der Waals surface area contributed by atoms with Crippen molar-refractivity contribution in [2.24, 2.45) is 11.8 Å². The molecule has 1 atom stereocenters. The minimum atomic E-state index is 0.410. The second kappa shape index (κ2) is 4.33. The molecular formula is C12H21NO. The number of nitrogens with zero attached hydrogens (tertiary/aromatic N) is 1. The maximum Gasteiger partial charge on any atom is 0.225 e. The zero-order chi connectivity index (χ0) is 9.97. The van der Waals surface area contributed by atoms with Crippen LogP contribution in [0.25, 0.3) is 0 Å². The summed E-state index contributed by atoms with van der Waals surface area (Å²) in [6.45, 7) is 4.31. The zero-order valence-electron chi connectivity index (χ0n) is 9.17. The average Bonchev–Trinajstić information content (AvgIpc) is 3.03. The van der Waals surface area contributed by atoms with Crippen LogP contribution in [0.1, 0.15) is 45.4 Å². The lowest BCUT2D eigenvalue weighted by molar-refractivity contribution is -0.132. The van der Waals surface area contributed by atoms with Crippen molar-refractivity contribution in [3.05, 3.63) is 0 Å². The minimum absolute atomic E-state index is 0.410. The Labute approximate surface area is 86.7 Å². The van der Waals surface area contributed by atoms with Gasteiger partial charge >= 0.3 is 0 Å². The highest BCUT2D eigenvalue weighted by atomic mass is 16.2. The summed E-state index contributed by atoms with van der Waals surface area (Å²) in [6, 6.07) is 0. The molecule has 2 nitrogen and oxygen atoms in total. The van der Waals surface area contributed by atoms with E-state index in [9.17, 15) is 4.79 Å². The molecule has 0 spiro atoms. The summed E-state index contributed by atoms with van der Waals surface area (Å²) >= 11 is 0. The molecule has 2 aliphatic rings. The molecule has 80 valence electrons.